The van der Waals surface area contributed by atoms with Crippen molar-refractivity contribution in [3.63, 3.8) is 0 Å². The number of likely N-dealkylation sites (tertiary alicyclic amines) is 1. The van der Waals surface area contributed by atoms with Gasteiger partial charge in [-0.2, -0.15) is 0 Å². The van der Waals surface area contributed by atoms with Gasteiger partial charge in [0.1, 0.15) is 16.9 Å². The molecule has 0 unspecified atom stereocenters. The van der Waals surface area contributed by atoms with Crippen LogP contribution in [0.1, 0.15) is 66.2 Å². The third-order valence-corrected chi connectivity index (χ3v) is 9.26. The molecule has 1 saturated heterocycles. The van der Waals surface area contributed by atoms with E-state index in [0.29, 0.717) is 34.7 Å². The zero-order valence-corrected chi connectivity index (χ0v) is 22.7. The van der Waals surface area contributed by atoms with Crippen LogP contribution in [0.4, 0.5) is 0 Å². The summed E-state index contributed by atoms with van der Waals surface area (Å²) in [6.07, 6.45) is 4.10. The number of aliphatic hydroxyl groups is 1. The van der Waals surface area contributed by atoms with Gasteiger partial charge in [0.25, 0.3) is 0 Å². The van der Waals surface area contributed by atoms with Crippen molar-refractivity contribution in [3.8, 4) is 0 Å². The Morgan fingerprint density at radius 2 is 1.74 bits per heavy atom. The number of amides is 1. The summed E-state index contributed by atoms with van der Waals surface area (Å²) in [6.45, 7) is 6.23. The standard InChI is InChI=1S/C31H32ClNO5/c1-17-19(3)37-26-16-27-23(14-22(17)26)18(2)24(30(35)38-27)15-28(34)33-13-12-31(36)11-5-4-6-25(31)29(33)20-7-9-21(32)10-8-20/h7-10,14,16,25,29,36H,4-6,11-13,15H2,1-3H3/t25-,29-,31-/m0/s1. The molecule has 6 rings (SSSR count). The Bertz CT molecular complexity index is 1620. The van der Waals surface area contributed by atoms with Crippen molar-refractivity contribution in [2.75, 3.05) is 6.54 Å². The van der Waals surface area contributed by atoms with E-state index in [9.17, 15) is 14.7 Å². The molecule has 3 heterocycles. The number of nitrogens with zero attached hydrogens (tertiary/aromatic N) is 1. The fraction of sp³-hybridized carbons (Fsp3) is 0.419. The predicted molar refractivity (Wildman–Crippen MR) is 148 cm³/mol. The summed E-state index contributed by atoms with van der Waals surface area (Å²) < 4.78 is 11.5. The minimum Gasteiger partial charge on any atom is -0.461 e. The Hall–Kier alpha value is -3.09. The van der Waals surface area contributed by atoms with Gasteiger partial charge in [0, 0.05) is 34.3 Å². The second kappa shape index (κ2) is 9.28. The van der Waals surface area contributed by atoms with Crippen LogP contribution < -0.4 is 5.63 Å². The highest BCUT2D eigenvalue weighted by atomic mass is 35.5. The number of piperidine rings is 1. The minimum absolute atomic E-state index is 0.0548. The lowest BCUT2D eigenvalue weighted by Gasteiger charge is -2.52. The van der Waals surface area contributed by atoms with Crippen molar-refractivity contribution in [3.05, 3.63) is 79.9 Å². The van der Waals surface area contributed by atoms with Gasteiger partial charge in [0.2, 0.25) is 5.91 Å². The highest BCUT2D eigenvalue weighted by Gasteiger charge is 2.50. The molecule has 2 aromatic carbocycles. The lowest BCUT2D eigenvalue weighted by molar-refractivity contribution is -0.154. The Kier molecular flexibility index (Phi) is 6.15. The molecule has 0 bridgehead atoms. The molecular formula is C31H32ClNO5. The van der Waals surface area contributed by atoms with Crippen molar-refractivity contribution in [2.24, 2.45) is 5.92 Å². The summed E-state index contributed by atoms with van der Waals surface area (Å²) in [4.78, 5) is 28.9. The lowest BCUT2D eigenvalue weighted by atomic mass is 9.66. The maximum Gasteiger partial charge on any atom is 0.340 e. The van der Waals surface area contributed by atoms with E-state index in [4.69, 9.17) is 20.4 Å². The molecule has 2 fully saturated rings. The quantitative estimate of drug-likeness (QED) is 0.302. The van der Waals surface area contributed by atoms with Gasteiger partial charge in [-0.25, -0.2) is 4.79 Å². The Balaban J connectivity index is 1.39. The molecule has 1 aliphatic carbocycles. The van der Waals surface area contributed by atoms with E-state index in [-0.39, 0.29) is 24.3 Å². The summed E-state index contributed by atoms with van der Waals surface area (Å²) in [7, 11) is 0. The molecule has 1 amide bonds. The number of furan rings is 1. The highest BCUT2D eigenvalue weighted by Crippen LogP contribution is 2.49. The van der Waals surface area contributed by atoms with Crippen molar-refractivity contribution in [2.45, 2.75) is 70.9 Å². The number of aryl methyl sites for hydroxylation is 3. The predicted octanol–water partition coefficient (Wildman–Crippen LogP) is 6.56. The maximum atomic E-state index is 13.9. The van der Waals surface area contributed by atoms with Crippen LogP contribution in [-0.4, -0.2) is 28.1 Å². The van der Waals surface area contributed by atoms with Gasteiger partial charge >= 0.3 is 5.63 Å². The molecule has 2 aliphatic rings. The van der Waals surface area contributed by atoms with Crippen LogP contribution in [0.25, 0.3) is 21.9 Å². The molecule has 4 aromatic rings. The molecule has 0 spiro atoms. The molecular weight excluding hydrogens is 502 g/mol. The van der Waals surface area contributed by atoms with E-state index >= 15 is 0 Å². The average molecular weight is 534 g/mol. The lowest BCUT2D eigenvalue weighted by Crippen LogP contribution is -2.56. The SMILES string of the molecule is Cc1oc2cc3oc(=O)c(CC(=O)N4CC[C@@]5(O)CCCC[C@H]5[C@@H]4c4ccc(Cl)cc4)c(C)c3cc2c1C. The molecule has 2 aromatic heterocycles. The van der Waals surface area contributed by atoms with Crippen molar-refractivity contribution >= 4 is 39.4 Å². The summed E-state index contributed by atoms with van der Waals surface area (Å²) >= 11 is 6.17. The van der Waals surface area contributed by atoms with E-state index in [1.165, 1.54) is 0 Å². The van der Waals surface area contributed by atoms with Crippen LogP contribution >= 0.6 is 11.6 Å². The van der Waals surface area contributed by atoms with E-state index in [0.717, 1.165) is 58.9 Å². The summed E-state index contributed by atoms with van der Waals surface area (Å²) in [5, 5.41) is 14.0. The van der Waals surface area contributed by atoms with Crippen LogP contribution in [-0.2, 0) is 11.2 Å². The molecule has 7 heteroatoms. The molecule has 3 atom stereocenters. The number of fused-ring (bicyclic) bond motifs is 3. The third kappa shape index (κ3) is 4.05. The van der Waals surface area contributed by atoms with Crippen LogP contribution in [0.5, 0.6) is 0 Å². The number of hydrogen-bond donors (Lipinski definition) is 1. The topological polar surface area (TPSA) is 83.9 Å². The Morgan fingerprint density at radius 1 is 1.03 bits per heavy atom. The molecule has 1 saturated carbocycles. The maximum absolute atomic E-state index is 13.9. The zero-order chi connectivity index (χ0) is 26.8. The van der Waals surface area contributed by atoms with Gasteiger partial charge in [0.15, 0.2) is 0 Å². The fourth-order valence-electron chi connectivity index (χ4n) is 6.72. The van der Waals surface area contributed by atoms with Crippen LogP contribution in [0.2, 0.25) is 5.02 Å². The van der Waals surface area contributed by atoms with E-state index in [2.05, 4.69) is 0 Å². The molecule has 6 nitrogen and oxygen atoms in total. The highest BCUT2D eigenvalue weighted by molar-refractivity contribution is 6.30. The monoisotopic (exact) mass is 533 g/mol. The van der Waals surface area contributed by atoms with Gasteiger partial charge in [-0.3, -0.25) is 4.79 Å². The molecule has 1 N–H and O–H groups in total. The Labute approximate surface area is 226 Å². The van der Waals surface area contributed by atoms with E-state index in [1.54, 1.807) is 6.07 Å². The second-order valence-corrected chi connectivity index (χ2v) is 11.5. The number of benzene rings is 2. The van der Waals surface area contributed by atoms with E-state index < -0.39 is 11.2 Å². The molecule has 0 radical (unpaired) electrons. The molecule has 198 valence electrons. The first kappa shape index (κ1) is 25.2. The fourth-order valence-corrected chi connectivity index (χ4v) is 6.84. The van der Waals surface area contributed by atoms with E-state index in [1.807, 2.05) is 56.0 Å². The Morgan fingerprint density at radius 3 is 2.50 bits per heavy atom. The van der Waals surface area contributed by atoms with Crippen molar-refractivity contribution in [1.29, 1.82) is 0 Å². The van der Waals surface area contributed by atoms with Gasteiger partial charge in [-0.15, -0.1) is 0 Å². The van der Waals surface area contributed by atoms with Gasteiger partial charge in [-0.05, 0) is 74.9 Å². The molecule has 38 heavy (non-hydrogen) atoms. The first-order chi connectivity index (χ1) is 18.2. The largest absolute Gasteiger partial charge is 0.461 e. The number of hydrogen-bond acceptors (Lipinski definition) is 5. The van der Waals surface area contributed by atoms with Gasteiger partial charge in [-0.1, -0.05) is 36.6 Å². The van der Waals surface area contributed by atoms with Crippen LogP contribution in [0, 0.1) is 26.7 Å². The molecule has 1 aliphatic heterocycles. The number of rotatable bonds is 3. The van der Waals surface area contributed by atoms with Crippen LogP contribution in [0.15, 0.2) is 50.0 Å². The summed E-state index contributed by atoms with van der Waals surface area (Å²) in [5.41, 5.74) is 2.97. The van der Waals surface area contributed by atoms with Gasteiger partial charge < -0.3 is 18.8 Å². The van der Waals surface area contributed by atoms with Gasteiger partial charge in [0.05, 0.1) is 23.6 Å². The van der Waals surface area contributed by atoms with Crippen molar-refractivity contribution < 1.29 is 18.7 Å². The number of halogens is 1. The minimum atomic E-state index is -0.789. The average Bonchev–Trinajstić information content (AvgIpc) is 3.17. The normalized spacial score (nSPS) is 23.7. The number of carbonyl (C=O) groups excluding carboxylic acids is 1. The summed E-state index contributed by atoms with van der Waals surface area (Å²) in [5.74, 6) is 0.625. The van der Waals surface area contributed by atoms with Crippen molar-refractivity contribution in [1.82, 2.24) is 4.90 Å². The summed E-state index contributed by atoms with van der Waals surface area (Å²) in [6, 6.07) is 11.0. The first-order valence-electron chi connectivity index (χ1n) is 13.4. The van der Waals surface area contributed by atoms with Crippen LogP contribution in [0.3, 0.4) is 0 Å². The third-order valence-electron chi connectivity index (χ3n) is 9.01. The number of carbonyl (C=O) groups is 1. The second-order valence-electron chi connectivity index (χ2n) is 11.1. The first-order valence-corrected chi connectivity index (χ1v) is 13.8. The smallest absolute Gasteiger partial charge is 0.340 e. The zero-order valence-electron chi connectivity index (χ0n) is 22.0.